The van der Waals surface area contributed by atoms with Crippen molar-refractivity contribution < 1.29 is 19.4 Å². The lowest BCUT2D eigenvalue weighted by Crippen LogP contribution is -2.44. The van der Waals surface area contributed by atoms with Crippen LogP contribution < -0.4 is 0 Å². The quantitative estimate of drug-likeness (QED) is 0.490. The fraction of sp³-hybridized carbons (Fsp3) is 0.321. The van der Waals surface area contributed by atoms with Crippen molar-refractivity contribution in [3.63, 3.8) is 0 Å². The smallest absolute Gasteiger partial charge is 0.410 e. The molecule has 1 aliphatic rings. The van der Waals surface area contributed by atoms with Gasteiger partial charge in [0, 0.05) is 12.0 Å². The van der Waals surface area contributed by atoms with E-state index in [4.69, 9.17) is 9.47 Å². The Kier molecular flexibility index (Phi) is 7.43. The van der Waals surface area contributed by atoms with Crippen LogP contribution in [-0.2, 0) is 16.1 Å². The lowest BCUT2D eigenvalue weighted by molar-refractivity contribution is 0.00276. The first-order valence-electron chi connectivity index (χ1n) is 11.5. The van der Waals surface area contributed by atoms with E-state index < -0.39 is 12.2 Å². The Bertz CT molecular complexity index is 1020. The van der Waals surface area contributed by atoms with E-state index in [1.165, 1.54) is 22.3 Å². The maximum atomic E-state index is 12.9. The van der Waals surface area contributed by atoms with Crippen LogP contribution in [0.15, 0.2) is 78.9 Å². The van der Waals surface area contributed by atoms with E-state index in [-0.39, 0.29) is 31.7 Å². The van der Waals surface area contributed by atoms with Gasteiger partial charge in [0.15, 0.2) is 0 Å². The molecule has 172 valence electrons. The van der Waals surface area contributed by atoms with E-state index in [1.807, 2.05) is 68.4 Å². The fourth-order valence-electron chi connectivity index (χ4n) is 4.34. The van der Waals surface area contributed by atoms with Gasteiger partial charge in [-0.3, -0.25) is 0 Å². The SMILES string of the molecule is CC(C)N(CC(O)COCc1ccccc1)C(=O)OCC1c2ccccc2-c2ccccc21. The maximum absolute atomic E-state index is 12.9. The van der Waals surface area contributed by atoms with Gasteiger partial charge in [0.25, 0.3) is 0 Å². The summed E-state index contributed by atoms with van der Waals surface area (Å²) < 4.78 is 11.4. The molecule has 1 atom stereocenters. The Morgan fingerprint density at radius 1 is 0.909 bits per heavy atom. The summed E-state index contributed by atoms with van der Waals surface area (Å²) in [4.78, 5) is 14.5. The van der Waals surface area contributed by atoms with Crippen LogP contribution in [0.25, 0.3) is 11.1 Å². The number of rotatable bonds is 9. The van der Waals surface area contributed by atoms with Crippen molar-refractivity contribution in [2.24, 2.45) is 0 Å². The average Bonchev–Trinajstić information content (AvgIpc) is 3.15. The molecule has 0 radical (unpaired) electrons. The Hall–Kier alpha value is -3.15. The molecule has 33 heavy (non-hydrogen) atoms. The molecule has 0 heterocycles. The van der Waals surface area contributed by atoms with Crippen molar-refractivity contribution in [1.29, 1.82) is 0 Å². The monoisotopic (exact) mass is 445 g/mol. The van der Waals surface area contributed by atoms with Crippen molar-refractivity contribution in [1.82, 2.24) is 4.90 Å². The maximum Gasteiger partial charge on any atom is 0.410 e. The molecule has 1 aliphatic carbocycles. The van der Waals surface area contributed by atoms with E-state index in [0.717, 1.165) is 5.56 Å². The summed E-state index contributed by atoms with van der Waals surface area (Å²) in [5.74, 6) is 0.00879. The lowest BCUT2D eigenvalue weighted by atomic mass is 9.98. The number of fused-ring (bicyclic) bond motifs is 3. The van der Waals surface area contributed by atoms with Crippen LogP contribution in [0.2, 0.25) is 0 Å². The molecule has 1 amide bonds. The van der Waals surface area contributed by atoms with Crippen molar-refractivity contribution >= 4 is 6.09 Å². The molecular weight excluding hydrogens is 414 g/mol. The average molecular weight is 446 g/mol. The van der Waals surface area contributed by atoms with Gasteiger partial charge in [-0.25, -0.2) is 4.79 Å². The first-order valence-corrected chi connectivity index (χ1v) is 11.5. The molecule has 0 spiro atoms. The van der Waals surface area contributed by atoms with Crippen LogP contribution >= 0.6 is 0 Å². The minimum absolute atomic E-state index is 0.00879. The van der Waals surface area contributed by atoms with Crippen molar-refractivity contribution in [2.45, 2.75) is 38.5 Å². The van der Waals surface area contributed by atoms with Gasteiger partial charge in [-0.05, 0) is 41.7 Å². The third kappa shape index (κ3) is 5.44. The summed E-state index contributed by atoms with van der Waals surface area (Å²) in [6.07, 6.45) is -1.22. The second kappa shape index (κ2) is 10.6. The first-order chi connectivity index (χ1) is 16.0. The van der Waals surface area contributed by atoms with E-state index in [1.54, 1.807) is 4.90 Å². The number of hydrogen-bond donors (Lipinski definition) is 1. The number of carbonyl (C=O) groups is 1. The Balaban J connectivity index is 1.34. The highest BCUT2D eigenvalue weighted by atomic mass is 16.6. The van der Waals surface area contributed by atoms with E-state index in [0.29, 0.717) is 6.61 Å². The van der Waals surface area contributed by atoms with Gasteiger partial charge in [0.05, 0.1) is 25.9 Å². The highest BCUT2D eigenvalue weighted by Crippen LogP contribution is 2.44. The van der Waals surface area contributed by atoms with E-state index in [2.05, 4.69) is 24.3 Å². The second-order valence-corrected chi connectivity index (χ2v) is 8.70. The number of carbonyl (C=O) groups excluding carboxylic acids is 1. The molecule has 0 fully saturated rings. The number of nitrogens with zero attached hydrogens (tertiary/aromatic N) is 1. The molecule has 0 saturated heterocycles. The Morgan fingerprint density at radius 3 is 2.09 bits per heavy atom. The molecule has 5 nitrogen and oxygen atoms in total. The highest BCUT2D eigenvalue weighted by Gasteiger charge is 2.30. The van der Waals surface area contributed by atoms with Crippen LogP contribution in [0.4, 0.5) is 4.79 Å². The summed E-state index contributed by atoms with van der Waals surface area (Å²) in [5, 5.41) is 10.5. The zero-order valence-corrected chi connectivity index (χ0v) is 19.2. The predicted molar refractivity (Wildman–Crippen MR) is 129 cm³/mol. The lowest BCUT2D eigenvalue weighted by Gasteiger charge is -2.28. The minimum atomic E-state index is -0.795. The highest BCUT2D eigenvalue weighted by molar-refractivity contribution is 5.79. The van der Waals surface area contributed by atoms with Crippen LogP contribution in [0, 0.1) is 0 Å². The number of ether oxygens (including phenoxy) is 2. The second-order valence-electron chi connectivity index (χ2n) is 8.70. The van der Waals surface area contributed by atoms with Gasteiger partial charge >= 0.3 is 6.09 Å². The molecule has 3 aromatic rings. The van der Waals surface area contributed by atoms with Gasteiger partial charge in [0.1, 0.15) is 6.61 Å². The summed E-state index contributed by atoms with van der Waals surface area (Å²) in [6.45, 7) is 4.82. The van der Waals surface area contributed by atoms with Crippen molar-refractivity contribution in [2.75, 3.05) is 19.8 Å². The third-order valence-corrected chi connectivity index (χ3v) is 6.02. The number of amides is 1. The van der Waals surface area contributed by atoms with Gasteiger partial charge in [0.2, 0.25) is 0 Å². The van der Waals surface area contributed by atoms with Crippen LogP contribution in [-0.4, -0.2) is 48.0 Å². The zero-order chi connectivity index (χ0) is 23.2. The van der Waals surface area contributed by atoms with Gasteiger partial charge in [-0.1, -0.05) is 78.9 Å². The minimum Gasteiger partial charge on any atom is -0.448 e. The summed E-state index contributed by atoms with van der Waals surface area (Å²) in [5.41, 5.74) is 5.79. The topological polar surface area (TPSA) is 59.0 Å². The number of aliphatic hydroxyl groups excluding tert-OH is 1. The van der Waals surface area contributed by atoms with Gasteiger partial charge in [-0.15, -0.1) is 0 Å². The van der Waals surface area contributed by atoms with Gasteiger partial charge in [-0.2, -0.15) is 0 Å². The molecule has 3 aromatic carbocycles. The Labute approximate surface area is 195 Å². The van der Waals surface area contributed by atoms with E-state index in [9.17, 15) is 9.90 Å². The van der Waals surface area contributed by atoms with E-state index >= 15 is 0 Å². The standard InChI is InChI=1S/C28H31NO4/c1-20(2)29(16-22(30)18-32-17-21-10-4-3-5-11-21)28(31)33-19-27-25-14-8-6-12-23(25)24-13-7-9-15-26(24)27/h3-15,20,22,27,30H,16-19H2,1-2H3. The third-order valence-electron chi connectivity index (χ3n) is 6.02. The molecule has 0 bridgehead atoms. The molecule has 5 heteroatoms. The number of benzene rings is 3. The molecule has 1 unspecified atom stereocenters. The predicted octanol–water partition coefficient (Wildman–Crippen LogP) is 5.22. The first kappa shape index (κ1) is 23.0. The summed E-state index contributed by atoms with van der Waals surface area (Å²) >= 11 is 0. The zero-order valence-electron chi connectivity index (χ0n) is 19.2. The number of hydrogen-bond acceptors (Lipinski definition) is 4. The number of aliphatic hydroxyl groups is 1. The normalized spacial score (nSPS) is 13.5. The van der Waals surface area contributed by atoms with Crippen molar-refractivity contribution in [3.05, 3.63) is 95.6 Å². The van der Waals surface area contributed by atoms with Crippen LogP contribution in [0.1, 0.15) is 36.5 Å². The molecule has 1 N–H and O–H groups in total. The van der Waals surface area contributed by atoms with Crippen LogP contribution in [0.5, 0.6) is 0 Å². The largest absolute Gasteiger partial charge is 0.448 e. The summed E-state index contributed by atoms with van der Waals surface area (Å²) in [7, 11) is 0. The van der Waals surface area contributed by atoms with Crippen LogP contribution in [0.3, 0.4) is 0 Å². The molecule has 0 aliphatic heterocycles. The fourth-order valence-corrected chi connectivity index (χ4v) is 4.34. The molecule has 4 rings (SSSR count). The van der Waals surface area contributed by atoms with Gasteiger partial charge < -0.3 is 19.5 Å². The molecule has 0 saturated carbocycles. The molecular formula is C28H31NO4. The molecule has 0 aromatic heterocycles. The summed E-state index contributed by atoms with van der Waals surface area (Å²) in [6, 6.07) is 26.2. The Morgan fingerprint density at radius 2 is 1.48 bits per heavy atom. The van der Waals surface area contributed by atoms with Crippen molar-refractivity contribution in [3.8, 4) is 11.1 Å².